The molecule has 0 saturated heterocycles. The first kappa shape index (κ1) is 17.2. The first-order chi connectivity index (χ1) is 13.2. The lowest BCUT2D eigenvalue weighted by Gasteiger charge is -2.10. The first-order valence-electron chi connectivity index (χ1n) is 8.53. The van der Waals surface area contributed by atoms with Crippen molar-refractivity contribution in [3.05, 3.63) is 71.5 Å². The highest BCUT2D eigenvalue weighted by atomic mass is 32.1. The van der Waals surface area contributed by atoms with Gasteiger partial charge in [-0.25, -0.2) is 9.97 Å². The number of thiazole rings is 1. The van der Waals surface area contributed by atoms with Gasteiger partial charge in [0, 0.05) is 5.38 Å². The van der Waals surface area contributed by atoms with Gasteiger partial charge in [-0.05, 0) is 31.2 Å². The van der Waals surface area contributed by atoms with Gasteiger partial charge >= 0.3 is 0 Å². The summed E-state index contributed by atoms with van der Waals surface area (Å²) in [4.78, 5) is 21.4. The number of amides is 1. The fourth-order valence-corrected chi connectivity index (χ4v) is 3.49. The van der Waals surface area contributed by atoms with E-state index in [9.17, 15) is 4.79 Å². The van der Waals surface area contributed by atoms with Crippen LogP contribution in [0.2, 0.25) is 0 Å². The van der Waals surface area contributed by atoms with Crippen LogP contribution in [-0.4, -0.2) is 20.4 Å². The van der Waals surface area contributed by atoms with Gasteiger partial charge < -0.3 is 14.6 Å². The number of nitrogens with one attached hydrogen (secondary N) is 1. The van der Waals surface area contributed by atoms with Crippen LogP contribution in [0.1, 0.15) is 11.5 Å². The van der Waals surface area contributed by atoms with Crippen LogP contribution in [0.25, 0.3) is 11.0 Å². The Kier molecular flexibility index (Phi) is 4.84. The van der Waals surface area contributed by atoms with Gasteiger partial charge in [-0.3, -0.25) is 4.79 Å². The number of nitrogens with zero attached hydrogens (tertiary/aromatic N) is 3. The molecule has 4 rings (SSSR count). The van der Waals surface area contributed by atoms with E-state index in [1.165, 1.54) is 11.3 Å². The smallest absolute Gasteiger partial charge is 0.246 e. The summed E-state index contributed by atoms with van der Waals surface area (Å²) in [6.45, 7) is 2.32. The van der Waals surface area contributed by atoms with E-state index in [0.29, 0.717) is 11.0 Å². The molecule has 27 heavy (non-hydrogen) atoms. The van der Waals surface area contributed by atoms with Crippen molar-refractivity contribution < 1.29 is 9.53 Å². The van der Waals surface area contributed by atoms with Gasteiger partial charge in [-0.2, -0.15) is 0 Å². The molecule has 1 N–H and O–H groups in total. The summed E-state index contributed by atoms with van der Waals surface area (Å²) < 4.78 is 7.72. The molecule has 0 aliphatic carbocycles. The lowest BCUT2D eigenvalue weighted by atomic mass is 10.3. The lowest BCUT2D eigenvalue weighted by molar-refractivity contribution is -0.116. The number of benzene rings is 2. The Morgan fingerprint density at radius 2 is 1.89 bits per heavy atom. The standard InChI is InChI=1S/C20H18N4O2S/c1-14-13-27-20(21-14)23-19(25)11-24-17-10-6-5-9-16(17)22-18(24)12-26-15-7-3-2-4-8-15/h2-10,13H,11-12H2,1H3,(H,21,23,25). The second kappa shape index (κ2) is 7.59. The Labute approximate surface area is 160 Å². The summed E-state index contributed by atoms with van der Waals surface area (Å²) in [6.07, 6.45) is 0. The number of aryl methyl sites for hydroxylation is 1. The van der Waals surface area contributed by atoms with Crippen molar-refractivity contribution in [1.29, 1.82) is 0 Å². The van der Waals surface area contributed by atoms with Crippen LogP contribution in [0.4, 0.5) is 5.13 Å². The van der Waals surface area contributed by atoms with E-state index >= 15 is 0 Å². The zero-order valence-corrected chi connectivity index (χ0v) is 15.6. The number of ether oxygens (including phenoxy) is 1. The number of anilines is 1. The Morgan fingerprint density at radius 1 is 1.11 bits per heavy atom. The molecule has 1 amide bonds. The molecule has 7 heteroatoms. The fourth-order valence-electron chi connectivity index (χ4n) is 2.79. The Bertz CT molecular complexity index is 1070. The van der Waals surface area contributed by atoms with E-state index in [1.807, 2.05) is 71.5 Å². The van der Waals surface area contributed by atoms with Crippen molar-refractivity contribution in [3.8, 4) is 5.75 Å². The maximum Gasteiger partial charge on any atom is 0.246 e. The minimum absolute atomic E-state index is 0.145. The minimum atomic E-state index is -0.145. The van der Waals surface area contributed by atoms with Gasteiger partial charge in [-0.15, -0.1) is 11.3 Å². The number of rotatable bonds is 6. The quantitative estimate of drug-likeness (QED) is 0.550. The molecular weight excluding hydrogens is 360 g/mol. The van der Waals surface area contributed by atoms with E-state index in [1.54, 1.807) is 0 Å². The highest BCUT2D eigenvalue weighted by Gasteiger charge is 2.15. The topological polar surface area (TPSA) is 69.0 Å². The Hall–Kier alpha value is -3.19. The summed E-state index contributed by atoms with van der Waals surface area (Å²) in [5.41, 5.74) is 2.62. The largest absolute Gasteiger partial charge is 0.486 e. The third kappa shape index (κ3) is 3.98. The molecule has 2 aromatic heterocycles. The van der Waals surface area contributed by atoms with Crippen molar-refractivity contribution in [3.63, 3.8) is 0 Å². The molecule has 136 valence electrons. The van der Waals surface area contributed by atoms with Gasteiger partial charge in [0.2, 0.25) is 5.91 Å². The molecule has 2 heterocycles. The van der Waals surface area contributed by atoms with Crippen LogP contribution >= 0.6 is 11.3 Å². The zero-order valence-electron chi connectivity index (χ0n) is 14.8. The monoisotopic (exact) mass is 378 g/mol. The average Bonchev–Trinajstić information content (AvgIpc) is 3.24. The number of carbonyl (C=O) groups excluding carboxylic acids is 1. The second-order valence-corrected chi connectivity index (χ2v) is 6.90. The fraction of sp³-hybridized carbons (Fsp3) is 0.150. The lowest BCUT2D eigenvalue weighted by Crippen LogP contribution is -2.20. The summed E-state index contributed by atoms with van der Waals surface area (Å²) in [5.74, 6) is 1.32. The highest BCUT2D eigenvalue weighted by Crippen LogP contribution is 2.19. The second-order valence-electron chi connectivity index (χ2n) is 6.05. The molecular formula is C20H18N4O2S. The van der Waals surface area contributed by atoms with E-state index in [0.717, 1.165) is 22.5 Å². The average molecular weight is 378 g/mol. The van der Waals surface area contributed by atoms with Crippen molar-refractivity contribution in [2.45, 2.75) is 20.1 Å². The molecule has 0 unspecified atom stereocenters. The number of hydrogen-bond acceptors (Lipinski definition) is 5. The van der Waals surface area contributed by atoms with Crippen LogP contribution < -0.4 is 10.1 Å². The maximum absolute atomic E-state index is 12.5. The van der Waals surface area contributed by atoms with Crippen LogP contribution in [0.5, 0.6) is 5.75 Å². The molecule has 0 bridgehead atoms. The van der Waals surface area contributed by atoms with Gasteiger partial charge in [0.15, 0.2) is 5.13 Å². The normalized spacial score (nSPS) is 10.9. The highest BCUT2D eigenvalue weighted by molar-refractivity contribution is 7.13. The maximum atomic E-state index is 12.5. The predicted molar refractivity (Wildman–Crippen MR) is 106 cm³/mol. The van der Waals surface area contributed by atoms with Crippen molar-refractivity contribution in [2.75, 3.05) is 5.32 Å². The Morgan fingerprint density at radius 3 is 2.67 bits per heavy atom. The Balaban J connectivity index is 1.56. The first-order valence-corrected chi connectivity index (χ1v) is 9.41. The van der Waals surface area contributed by atoms with Crippen LogP contribution in [0, 0.1) is 6.92 Å². The molecule has 6 nitrogen and oxygen atoms in total. The van der Waals surface area contributed by atoms with Crippen molar-refractivity contribution in [2.24, 2.45) is 0 Å². The molecule has 0 aliphatic heterocycles. The molecule has 0 aliphatic rings. The number of aromatic nitrogens is 3. The summed E-state index contributed by atoms with van der Waals surface area (Å²) in [5, 5.41) is 5.35. The van der Waals surface area contributed by atoms with Crippen LogP contribution in [-0.2, 0) is 17.9 Å². The third-order valence-corrected chi connectivity index (χ3v) is 4.89. The van der Waals surface area contributed by atoms with E-state index in [-0.39, 0.29) is 19.1 Å². The summed E-state index contributed by atoms with van der Waals surface area (Å²) in [6, 6.07) is 17.3. The van der Waals surface area contributed by atoms with E-state index in [4.69, 9.17) is 4.74 Å². The molecule has 0 spiro atoms. The van der Waals surface area contributed by atoms with Gasteiger partial charge in [0.05, 0.1) is 16.7 Å². The summed E-state index contributed by atoms with van der Waals surface area (Å²) in [7, 11) is 0. The SMILES string of the molecule is Cc1csc(NC(=O)Cn2c(COc3ccccc3)nc3ccccc32)n1. The van der Waals surface area contributed by atoms with Crippen LogP contribution in [0.3, 0.4) is 0 Å². The number of para-hydroxylation sites is 3. The van der Waals surface area contributed by atoms with Crippen molar-refractivity contribution in [1.82, 2.24) is 14.5 Å². The third-order valence-electron chi connectivity index (χ3n) is 4.01. The number of hydrogen-bond donors (Lipinski definition) is 1. The zero-order chi connectivity index (χ0) is 18.6. The number of imidazole rings is 1. The van der Waals surface area contributed by atoms with Crippen molar-refractivity contribution >= 4 is 33.4 Å². The molecule has 2 aromatic carbocycles. The minimum Gasteiger partial charge on any atom is -0.486 e. The van der Waals surface area contributed by atoms with E-state index in [2.05, 4.69) is 15.3 Å². The molecule has 4 aromatic rings. The van der Waals surface area contributed by atoms with Crippen LogP contribution in [0.15, 0.2) is 60.0 Å². The number of fused-ring (bicyclic) bond motifs is 1. The van der Waals surface area contributed by atoms with Gasteiger partial charge in [0.1, 0.15) is 24.7 Å². The molecule has 0 radical (unpaired) electrons. The predicted octanol–water partition coefficient (Wildman–Crippen LogP) is 4.02. The van der Waals surface area contributed by atoms with Gasteiger partial charge in [-0.1, -0.05) is 30.3 Å². The summed E-state index contributed by atoms with van der Waals surface area (Å²) >= 11 is 1.41. The molecule has 0 atom stereocenters. The molecule has 0 fully saturated rings. The number of carbonyl (C=O) groups is 1. The molecule has 0 saturated carbocycles. The van der Waals surface area contributed by atoms with Gasteiger partial charge in [0.25, 0.3) is 0 Å². The van der Waals surface area contributed by atoms with E-state index < -0.39 is 0 Å².